The predicted octanol–water partition coefficient (Wildman–Crippen LogP) is 0.0285. The highest BCUT2D eigenvalue weighted by Gasteiger charge is 2.54. The quantitative estimate of drug-likeness (QED) is 0.363. The lowest BCUT2D eigenvalue weighted by Crippen LogP contribution is -2.49. The molecule has 70 valence electrons. The minimum atomic E-state index is -2.41. The summed E-state index contributed by atoms with van der Waals surface area (Å²) in [5.74, 6) is 0. The Morgan fingerprint density at radius 3 is 1.83 bits per heavy atom. The lowest BCUT2D eigenvalue weighted by atomic mass is 10.1. The molecule has 0 fully saturated rings. The fourth-order valence-corrected chi connectivity index (χ4v) is 0.844. The van der Waals surface area contributed by atoms with E-state index in [2.05, 4.69) is 0 Å². The van der Waals surface area contributed by atoms with Crippen LogP contribution in [0.1, 0.15) is 19.8 Å². The first kappa shape index (κ1) is 10.8. The van der Waals surface area contributed by atoms with E-state index in [-0.39, 0.29) is 12.8 Å². The molecule has 7 nitrogen and oxygen atoms in total. The summed E-state index contributed by atoms with van der Waals surface area (Å²) in [6, 6.07) is 0. The van der Waals surface area contributed by atoms with Crippen LogP contribution in [0.4, 0.5) is 0 Å². The van der Waals surface area contributed by atoms with E-state index in [9.17, 15) is 20.2 Å². The van der Waals surface area contributed by atoms with Gasteiger partial charge in [0.15, 0.2) is 6.61 Å². The van der Waals surface area contributed by atoms with Crippen molar-refractivity contribution in [3.8, 4) is 0 Å². The molecule has 0 radical (unpaired) electrons. The van der Waals surface area contributed by atoms with Gasteiger partial charge in [0.05, 0.1) is 6.42 Å². The summed E-state index contributed by atoms with van der Waals surface area (Å²) in [7, 11) is 0. The first-order valence-electron chi connectivity index (χ1n) is 3.41. The third-order valence-electron chi connectivity index (χ3n) is 1.58. The number of aliphatic hydroxyl groups is 1. The molecule has 0 aromatic carbocycles. The molecule has 0 heterocycles. The fraction of sp³-hybridized carbons (Fsp3) is 1.00. The maximum absolute atomic E-state index is 10.3. The van der Waals surface area contributed by atoms with E-state index >= 15 is 0 Å². The van der Waals surface area contributed by atoms with Gasteiger partial charge in [0, 0.05) is 0 Å². The number of rotatable bonds is 5. The third kappa shape index (κ3) is 1.67. The molecule has 12 heavy (non-hydrogen) atoms. The summed E-state index contributed by atoms with van der Waals surface area (Å²) >= 11 is 0. The first-order chi connectivity index (χ1) is 5.51. The lowest BCUT2D eigenvalue weighted by Gasteiger charge is -2.13. The summed E-state index contributed by atoms with van der Waals surface area (Å²) < 4.78 is 0. The maximum Gasteiger partial charge on any atom is 0.480 e. The second kappa shape index (κ2) is 3.96. The van der Waals surface area contributed by atoms with Crippen LogP contribution in [0.25, 0.3) is 0 Å². The van der Waals surface area contributed by atoms with E-state index in [4.69, 9.17) is 5.11 Å². The number of nitrogens with zero attached hydrogens (tertiary/aromatic N) is 2. The molecule has 0 saturated heterocycles. The molecule has 1 N–H and O–H groups in total. The standard InChI is InChI=1S/C5H10N2O5/c1-2-3-5(4-8,6(9)10)7(11)12/h8H,2-4H2,1H3. The van der Waals surface area contributed by atoms with Crippen LogP contribution < -0.4 is 0 Å². The molecule has 0 bridgehead atoms. The Labute approximate surface area is 68.3 Å². The van der Waals surface area contributed by atoms with Gasteiger partial charge < -0.3 is 5.11 Å². The molecule has 0 unspecified atom stereocenters. The van der Waals surface area contributed by atoms with E-state index < -0.39 is 22.1 Å². The van der Waals surface area contributed by atoms with Crippen LogP contribution in [0.2, 0.25) is 0 Å². The Morgan fingerprint density at radius 2 is 1.75 bits per heavy atom. The summed E-state index contributed by atoms with van der Waals surface area (Å²) in [6.07, 6.45) is 0.0199. The second-order valence-electron chi connectivity index (χ2n) is 2.40. The molecule has 0 aliphatic rings. The topological polar surface area (TPSA) is 107 Å². The zero-order valence-electron chi connectivity index (χ0n) is 6.60. The normalized spacial score (nSPS) is 11.2. The fourth-order valence-electron chi connectivity index (χ4n) is 0.844. The van der Waals surface area contributed by atoms with Crippen molar-refractivity contribution >= 4 is 0 Å². The van der Waals surface area contributed by atoms with Crippen molar-refractivity contribution < 1.29 is 15.0 Å². The molecule has 0 spiro atoms. The highest BCUT2D eigenvalue weighted by atomic mass is 16.7. The van der Waals surface area contributed by atoms with Crippen LogP contribution in [0.3, 0.4) is 0 Å². The van der Waals surface area contributed by atoms with Crippen LogP contribution in [0.15, 0.2) is 0 Å². The summed E-state index contributed by atoms with van der Waals surface area (Å²) in [5.41, 5.74) is -2.41. The van der Waals surface area contributed by atoms with Crippen LogP contribution in [0, 0.1) is 20.2 Å². The third-order valence-corrected chi connectivity index (χ3v) is 1.58. The van der Waals surface area contributed by atoms with E-state index in [1.54, 1.807) is 6.92 Å². The molecule has 0 rings (SSSR count). The highest BCUT2D eigenvalue weighted by Crippen LogP contribution is 2.16. The Balaban J connectivity index is 4.76. The van der Waals surface area contributed by atoms with Gasteiger partial charge in [-0.3, -0.25) is 20.2 Å². The molecule has 0 aromatic rings. The average Bonchev–Trinajstić information content (AvgIpc) is 1.98. The van der Waals surface area contributed by atoms with Crippen LogP contribution in [0.5, 0.6) is 0 Å². The first-order valence-corrected chi connectivity index (χ1v) is 3.41. The molecule has 0 aliphatic heterocycles. The largest absolute Gasteiger partial charge is 0.480 e. The van der Waals surface area contributed by atoms with Gasteiger partial charge in [-0.1, -0.05) is 6.92 Å². The Morgan fingerprint density at radius 1 is 1.33 bits per heavy atom. The van der Waals surface area contributed by atoms with Crippen molar-refractivity contribution in [1.82, 2.24) is 0 Å². The van der Waals surface area contributed by atoms with Gasteiger partial charge in [-0.2, -0.15) is 0 Å². The van der Waals surface area contributed by atoms with E-state index in [0.717, 1.165) is 0 Å². The monoisotopic (exact) mass is 178 g/mol. The van der Waals surface area contributed by atoms with Gasteiger partial charge in [-0.05, 0) is 6.42 Å². The minimum absolute atomic E-state index is 0.260. The summed E-state index contributed by atoms with van der Waals surface area (Å²) in [5, 5.41) is 29.1. The van der Waals surface area contributed by atoms with Gasteiger partial charge in [0.2, 0.25) is 0 Å². The van der Waals surface area contributed by atoms with Crippen molar-refractivity contribution in [2.24, 2.45) is 0 Å². The number of hydrogen-bond acceptors (Lipinski definition) is 5. The van der Waals surface area contributed by atoms with Crippen LogP contribution in [-0.4, -0.2) is 27.2 Å². The highest BCUT2D eigenvalue weighted by molar-refractivity contribution is 4.64. The molecule has 0 amide bonds. The molecule has 0 saturated carbocycles. The van der Waals surface area contributed by atoms with Crippen molar-refractivity contribution in [3.63, 3.8) is 0 Å². The van der Waals surface area contributed by atoms with E-state index in [1.807, 2.05) is 0 Å². The summed E-state index contributed by atoms with van der Waals surface area (Å²) in [6.45, 7) is 0.512. The number of hydrogen-bond donors (Lipinski definition) is 1. The molecule has 0 atom stereocenters. The van der Waals surface area contributed by atoms with Crippen molar-refractivity contribution in [3.05, 3.63) is 20.2 Å². The zero-order chi connectivity index (χ0) is 9.78. The summed E-state index contributed by atoms with van der Waals surface area (Å²) in [4.78, 5) is 18.5. The van der Waals surface area contributed by atoms with Crippen LogP contribution in [-0.2, 0) is 0 Å². The predicted molar refractivity (Wildman–Crippen MR) is 38.7 cm³/mol. The molecule has 0 aliphatic carbocycles. The second-order valence-corrected chi connectivity index (χ2v) is 2.40. The van der Waals surface area contributed by atoms with Gasteiger partial charge in [-0.25, -0.2) is 0 Å². The SMILES string of the molecule is CCCC(CO)([N+](=O)[O-])[N+](=O)[O-]. The van der Waals surface area contributed by atoms with Crippen LogP contribution >= 0.6 is 0 Å². The van der Waals surface area contributed by atoms with E-state index in [1.165, 1.54) is 0 Å². The van der Waals surface area contributed by atoms with Gasteiger partial charge in [-0.15, -0.1) is 0 Å². The number of aliphatic hydroxyl groups excluding tert-OH is 1. The molecular weight excluding hydrogens is 168 g/mol. The lowest BCUT2D eigenvalue weighted by molar-refractivity contribution is -0.799. The smallest absolute Gasteiger partial charge is 0.382 e. The molecule has 0 aromatic heterocycles. The van der Waals surface area contributed by atoms with Gasteiger partial charge in [0.1, 0.15) is 9.85 Å². The zero-order valence-corrected chi connectivity index (χ0v) is 6.60. The van der Waals surface area contributed by atoms with Crippen molar-refractivity contribution in [1.29, 1.82) is 0 Å². The number of nitro groups is 2. The average molecular weight is 178 g/mol. The molecular formula is C5H10N2O5. The Bertz CT molecular complexity index is 178. The Hall–Kier alpha value is -1.24. The molecule has 7 heteroatoms. The maximum atomic E-state index is 10.3. The Kier molecular flexibility index (Phi) is 3.55. The van der Waals surface area contributed by atoms with Crippen molar-refractivity contribution in [2.45, 2.75) is 25.4 Å². The van der Waals surface area contributed by atoms with Gasteiger partial charge in [0.25, 0.3) is 0 Å². The van der Waals surface area contributed by atoms with E-state index in [0.29, 0.717) is 0 Å². The van der Waals surface area contributed by atoms with Crippen molar-refractivity contribution in [2.75, 3.05) is 6.61 Å². The van der Waals surface area contributed by atoms with Gasteiger partial charge >= 0.3 is 5.66 Å². The minimum Gasteiger partial charge on any atom is -0.382 e.